The molecule has 0 radical (unpaired) electrons. The minimum atomic E-state index is 0.204. The number of hydrogen-bond donors (Lipinski definition) is 0. The average Bonchev–Trinajstić information content (AvgIpc) is 2.76. The molecule has 1 aromatic heterocycles. The maximum Gasteiger partial charge on any atom is 0.227 e. The molecule has 0 saturated carbocycles. The van der Waals surface area contributed by atoms with Gasteiger partial charge in [0.2, 0.25) is 5.91 Å². The molecule has 1 amide bonds. The molecular weight excluding hydrogens is 340 g/mol. The molecule has 142 valence electrons. The van der Waals surface area contributed by atoms with Crippen LogP contribution in [-0.2, 0) is 16.0 Å². The van der Waals surface area contributed by atoms with E-state index in [0.717, 1.165) is 63.9 Å². The van der Waals surface area contributed by atoms with Crippen LogP contribution in [0.25, 0.3) is 0 Å². The molecule has 27 heavy (non-hydrogen) atoms. The number of amides is 1. The minimum absolute atomic E-state index is 0.204. The summed E-state index contributed by atoms with van der Waals surface area (Å²) in [6, 6.07) is 14.3. The van der Waals surface area contributed by atoms with Crippen molar-refractivity contribution in [2.75, 3.05) is 62.3 Å². The van der Waals surface area contributed by atoms with E-state index < -0.39 is 0 Å². The molecule has 2 aliphatic rings. The highest BCUT2D eigenvalue weighted by molar-refractivity contribution is 5.79. The Hall–Kier alpha value is -2.60. The molecule has 2 aromatic rings. The van der Waals surface area contributed by atoms with Crippen molar-refractivity contribution in [3.8, 4) is 0 Å². The lowest BCUT2D eigenvalue weighted by atomic mass is 10.1. The van der Waals surface area contributed by atoms with Crippen LogP contribution in [0, 0.1) is 0 Å². The fourth-order valence-corrected chi connectivity index (χ4v) is 3.66. The molecule has 0 aliphatic carbocycles. The van der Waals surface area contributed by atoms with E-state index in [4.69, 9.17) is 4.74 Å². The standard InChI is InChI=1S/C21H26N4O2/c26-21(25-11-9-24(10-12-25)20-3-1-2-8-22-20)17-18-4-6-19(7-5-18)23-13-15-27-16-14-23/h1-8H,9-17H2. The Morgan fingerprint density at radius 1 is 0.889 bits per heavy atom. The van der Waals surface area contributed by atoms with E-state index in [9.17, 15) is 4.79 Å². The number of hydrogen-bond acceptors (Lipinski definition) is 5. The molecule has 0 atom stereocenters. The van der Waals surface area contributed by atoms with Gasteiger partial charge in [0.15, 0.2) is 0 Å². The third kappa shape index (κ3) is 4.39. The van der Waals surface area contributed by atoms with Gasteiger partial charge in [0, 0.05) is 51.2 Å². The summed E-state index contributed by atoms with van der Waals surface area (Å²) in [4.78, 5) is 23.6. The third-order valence-electron chi connectivity index (χ3n) is 5.27. The van der Waals surface area contributed by atoms with Gasteiger partial charge in [-0.1, -0.05) is 18.2 Å². The van der Waals surface area contributed by atoms with E-state index in [2.05, 4.69) is 39.0 Å². The maximum atomic E-state index is 12.7. The highest BCUT2D eigenvalue weighted by Gasteiger charge is 2.22. The Kier molecular flexibility index (Phi) is 5.53. The zero-order chi connectivity index (χ0) is 18.5. The van der Waals surface area contributed by atoms with E-state index in [0.29, 0.717) is 6.42 Å². The number of piperazine rings is 1. The second-order valence-corrected chi connectivity index (χ2v) is 7.00. The number of nitrogens with zero attached hydrogens (tertiary/aromatic N) is 4. The van der Waals surface area contributed by atoms with Gasteiger partial charge < -0.3 is 19.4 Å². The Bertz CT molecular complexity index is 737. The Balaban J connectivity index is 1.29. The van der Waals surface area contributed by atoms with E-state index in [-0.39, 0.29) is 5.91 Å². The van der Waals surface area contributed by atoms with Crippen LogP contribution in [0.2, 0.25) is 0 Å². The smallest absolute Gasteiger partial charge is 0.227 e. The Morgan fingerprint density at radius 3 is 2.30 bits per heavy atom. The van der Waals surface area contributed by atoms with Gasteiger partial charge in [0.05, 0.1) is 19.6 Å². The van der Waals surface area contributed by atoms with Gasteiger partial charge in [-0.15, -0.1) is 0 Å². The van der Waals surface area contributed by atoms with E-state index in [1.54, 1.807) is 0 Å². The highest BCUT2D eigenvalue weighted by Crippen LogP contribution is 2.18. The first kappa shape index (κ1) is 17.8. The second kappa shape index (κ2) is 8.39. The second-order valence-electron chi connectivity index (χ2n) is 7.00. The van der Waals surface area contributed by atoms with Gasteiger partial charge >= 0.3 is 0 Å². The predicted molar refractivity (Wildman–Crippen MR) is 106 cm³/mol. The van der Waals surface area contributed by atoms with Gasteiger partial charge in [-0.3, -0.25) is 4.79 Å². The molecule has 0 N–H and O–H groups in total. The first-order chi connectivity index (χ1) is 13.3. The van der Waals surface area contributed by atoms with E-state index >= 15 is 0 Å². The summed E-state index contributed by atoms with van der Waals surface area (Å²) in [5.74, 6) is 1.19. The molecule has 0 spiro atoms. The number of aromatic nitrogens is 1. The van der Waals surface area contributed by atoms with Crippen molar-refractivity contribution in [1.29, 1.82) is 0 Å². The van der Waals surface area contributed by atoms with Crippen LogP contribution in [0.3, 0.4) is 0 Å². The average molecular weight is 366 g/mol. The summed E-state index contributed by atoms with van der Waals surface area (Å²) in [5, 5.41) is 0. The van der Waals surface area contributed by atoms with E-state index in [1.165, 1.54) is 5.69 Å². The van der Waals surface area contributed by atoms with Crippen LogP contribution < -0.4 is 9.80 Å². The zero-order valence-corrected chi connectivity index (χ0v) is 15.6. The summed E-state index contributed by atoms with van der Waals surface area (Å²) in [5.41, 5.74) is 2.28. The Labute approximate surface area is 160 Å². The lowest BCUT2D eigenvalue weighted by Gasteiger charge is -2.35. The summed E-state index contributed by atoms with van der Waals surface area (Å²) in [6.45, 7) is 6.59. The number of ether oxygens (including phenoxy) is 1. The fraction of sp³-hybridized carbons (Fsp3) is 0.429. The quantitative estimate of drug-likeness (QED) is 0.826. The van der Waals surface area contributed by atoms with E-state index in [1.807, 2.05) is 29.3 Å². The van der Waals surface area contributed by atoms with Crippen LogP contribution in [0.1, 0.15) is 5.56 Å². The van der Waals surface area contributed by atoms with Crippen molar-refractivity contribution in [3.63, 3.8) is 0 Å². The molecule has 2 fully saturated rings. The fourth-order valence-electron chi connectivity index (χ4n) is 3.66. The number of pyridine rings is 1. The number of anilines is 2. The van der Waals surface area contributed by atoms with Crippen molar-refractivity contribution < 1.29 is 9.53 Å². The predicted octanol–water partition coefficient (Wildman–Crippen LogP) is 1.81. The highest BCUT2D eigenvalue weighted by atomic mass is 16.5. The number of carbonyl (C=O) groups is 1. The molecule has 1 aromatic carbocycles. The van der Waals surface area contributed by atoms with Gasteiger partial charge in [0.1, 0.15) is 5.82 Å². The summed E-state index contributed by atoms with van der Waals surface area (Å²) in [7, 11) is 0. The lowest BCUT2D eigenvalue weighted by Crippen LogP contribution is -2.49. The number of benzene rings is 1. The van der Waals surface area contributed by atoms with Crippen molar-refractivity contribution in [2.45, 2.75) is 6.42 Å². The number of carbonyl (C=O) groups excluding carboxylic acids is 1. The number of rotatable bonds is 4. The normalized spacial score (nSPS) is 17.9. The molecule has 2 saturated heterocycles. The minimum Gasteiger partial charge on any atom is -0.378 e. The SMILES string of the molecule is O=C(Cc1ccc(N2CCOCC2)cc1)N1CCN(c2ccccn2)CC1. The summed E-state index contributed by atoms with van der Waals surface area (Å²) >= 11 is 0. The molecule has 2 aliphatic heterocycles. The van der Waals surface area contributed by atoms with Gasteiger partial charge in [-0.2, -0.15) is 0 Å². The largest absolute Gasteiger partial charge is 0.378 e. The molecule has 6 heteroatoms. The van der Waals surface area contributed by atoms with Crippen LogP contribution in [0.5, 0.6) is 0 Å². The Morgan fingerprint density at radius 2 is 1.63 bits per heavy atom. The molecule has 0 unspecified atom stereocenters. The zero-order valence-electron chi connectivity index (χ0n) is 15.6. The van der Waals surface area contributed by atoms with Crippen LogP contribution >= 0.6 is 0 Å². The van der Waals surface area contributed by atoms with Gasteiger partial charge in [-0.05, 0) is 29.8 Å². The van der Waals surface area contributed by atoms with Crippen molar-refractivity contribution in [1.82, 2.24) is 9.88 Å². The molecule has 4 rings (SSSR count). The van der Waals surface area contributed by atoms with Crippen LogP contribution in [0.4, 0.5) is 11.5 Å². The van der Waals surface area contributed by atoms with Crippen molar-refractivity contribution >= 4 is 17.4 Å². The van der Waals surface area contributed by atoms with Gasteiger partial charge in [-0.25, -0.2) is 4.98 Å². The monoisotopic (exact) mass is 366 g/mol. The first-order valence-corrected chi connectivity index (χ1v) is 9.65. The first-order valence-electron chi connectivity index (χ1n) is 9.65. The van der Waals surface area contributed by atoms with Gasteiger partial charge in [0.25, 0.3) is 0 Å². The third-order valence-corrected chi connectivity index (χ3v) is 5.27. The topological polar surface area (TPSA) is 48.9 Å². The summed E-state index contributed by atoms with van der Waals surface area (Å²) in [6.07, 6.45) is 2.28. The summed E-state index contributed by atoms with van der Waals surface area (Å²) < 4.78 is 5.40. The molecule has 0 bridgehead atoms. The van der Waals surface area contributed by atoms with Crippen molar-refractivity contribution in [3.05, 3.63) is 54.2 Å². The number of morpholine rings is 1. The maximum absolute atomic E-state index is 12.7. The molecule has 6 nitrogen and oxygen atoms in total. The molecular formula is C21H26N4O2. The molecule has 3 heterocycles. The van der Waals surface area contributed by atoms with Crippen LogP contribution in [-0.4, -0.2) is 68.3 Å². The van der Waals surface area contributed by atoms with Crippen molar-refractivity contribution in [2.24, 2.45) is 0 Å². The van der Waals surface area contributed by atoms with Crippen LogP contribution in [0.15, 0.2) is 48.7 Å². The lowest BCUT2D eigenvalue weighted by molar-refractivity contribution is -0.130.